The lowest BCUT2D eigenvalue weighted by atomic mass is 9.91. The van der Waals surface area contributed by atoms with Gasteiger partial charge in [-0.15, -0.1) is 0 Å². The number of para-hydroxylation sites is 5. The molecule has 16 rings (SSSR count). The lowest BCUT2D eigenvalue weighted by Gasteiger charge is -2.27. The Kier molecular flexibility index (Phi) is 10.3. The molecular formula is C74H51N5O. The molecule has 0 aliphatic carbocycles. The summed E-state index contributed by atoms with van der Waals surface area (Å²) >= 11 is 0. The van der Waals surface area contributed by atoms with Crippen LogP contribution in [-0.2, 0) is 0 Å². The Balaban J connectivity index is 0.848. The van der Waals surface area contributed by atoms with Crippen LogP contribution in [0.5, 0.6) is 11.5 Å². The van der Waals surface area contributed by atoms with E-state index >= 15 is 0 Å². The highest BCUT2D eigenvalue weighted by atomic mass is 16.5. The number of pyridine rings is 1. The molecule has 2 aliphatic heterocycles. The Hall–Kier alpha value is -10.4. The number of benzene rings is 11. The molecule has 0 unspecified atom stereocenters. The van der Waals surface area contributed by atoms with Crippen molar-refractivity contribution in [2.75, 3.05) is 16.5 Å². The molecule has 80 heavy (non-hydrogen) atoms. The van der Waals surface area contributed by atoms with Crippen LogP contribution in [0.1, 0.15) is 11.1 Å². The van der Waals surface area contributed by atoms with Crippen LogP contribution in [0.15, 0.2) is 261 Å². The van der Waals surface area contributed by atoms with E-state index in [9.17, 15) is 0 Å². The maximum Gasteiger partial charge on any atom is 0.137 e. The number of anilines is 4. The molecule has 2 aliphatic rings. The van der Waals surface area contributed by atoms with Gasteiger partial charge in [-0.2, -0.15) is 0 Å². The first-order chi connectivity index (χ1) is 39.5. The van der Waals surface area contributed by atoms with E-state index in [1.165, 1.54) is 83.0 Å². The van der Waals surface area contributed by atoms with E-state index in [-0.39, 0.29) is 0 Å². The number of ether oxygens (including phenoxy) is 1. The van der Waals surface area contributed by atoms with E-state index in [2.05, 4.69) is 288 Å². The minimum Gasteiger partial charge on any atom is -0.457 e. The molecule has 0 bridgehead atoms. The molecule has 6 heteroatoms. The van der Waals surface area contributed by atoms with E-state index in [0.717, 1.165) is 73.2 Å². The standard InChI is InChI=1S/C74H51N5O/c1-47-34-36-51(37-35-47)63-45-75-70(42-48(63)2)78-67-40-41-68-71(59-26-10-9-24-57(59)60-29-17-30-61-58-25-11-12-31-64(58)79(68)74(60)61)72(67)62-39-38-54(44-69(62)78)80-53-23-15-22-52(43-53)76-46-77(66-33-14-13-32-65(66)76)73-55(49-18-5-3-6-19-49)27-16-28-56(73)50-20-7-4-8-21-50/h3-45H,46H2,1-2H3. The molecule has 0 fully saturated rings. The molecule has 0 amide bonds. The Bertz CT molecular complexity index is 4750. The molecule has 6 nitrogen and oxygen atoms in total. The molecule has 11 aromatic carbocycles. The summed E-state index contributed by atoms with van der Waals surface area (Å²) in [6.07, 6.45) is 2.04. The maximum absolute atomic E-state index is 7.07. The predicted octanol–water partition coefficient (Wildman–Crippen LogP) is 19.6. The van der Waals surface area contributed by atoms with Gasteiger partial charge >= 0.3 is 0 Å². The van der Waals surface area contributed by atoms with Crippen LogP contribution in [0.3, 0.4) is 0 Å². The third kappa shape index (κ3) is 7.09. The van der Waals surface area contributed by atoms with Crippen LogP contribution in [0.2, 0.25) is 0 Å². The summed E-state index contributed by atoms with van der Waals surface area (Å²) in [4.78, 5) is 10.2. The first-order valence-electron chi connectivity index (χ1n) is 27.5. The van der Waals surface area contributed by atoms with Crippen LogP contribution >= 0.6 is 0 Å². The van der Waals surface area contributed by atoms with Gasteiger partial charge in [0.1, 0.15) is 24.0 Å². The Morgan fingerprint density at radius 3 is 1.79 bits per heavy atom. The van der Waals surface area contributed by atoms with Crippen molar-refractivity contribution in [3.63, 3.8) is 0 Å². The van der Waals surface area contributed by atoms with Gasteiger partial charge in [0.2, 0.25) is 0 Å². The fourth-order valence-electron chi connectivity index (χ4n) is 13.0. The lowest BCUT2D eigenvalue weighted by Crippen LogP contribution is -2.24. The summed E-state index contributed by atoms with van der Waals surface area (Å²) < 4.78 is 11.9. The molecule has 378 valence electrons. The molecule has 5 heterocycles. The molecule has 0 saturated carbocycles. The van der Waals surface area contributed by atoms with Gasteiger partial charge in [-0.25, -0.2) is 4.98 Å². The highest BCUT2D eigenvalue weighted by Gasteiger charge is 2.32. The number of nitrogens with zero attached hydrogens (tertiary/aromatic N) is 5. The number of aryl methyl sites for hydroxylation is 2. The predicted molar refractivity (Wildman–Crippen MR) is 332 cm³/mol. The zero-order chi connectivity index (χ0) is 53.0. The first kappa shape index (κ1) is 45.7. The van der Waals surface area contributed by atoms with Crippen molar-refractivity contribution in [2.45, 2.75) is 13.8 Å². The van der Waals surface area contributed by atoms with Crippen LogP contribution in [0.4, 0.5) is 22.7 Å². The smallest absolute Gasteiger partial charge is 0.137 e. The summed E-state index contributed by atoms with van der Waals surface area (Å²) in [5, 5.41) is 4.78. The van der Waals surface area contributed by atoms with Crippen molar-refractivity contribution in [3.05, 3.63) is 272 Å². The number of fused-ring (bicyclic) bond motifs is 13. The fourth-order valence-corrected chi connectivity index (χ4v) is 13.0. The van der Waals surface area contributed by atoms with Crippen molar-refractivity contribution < 1.29 is 4.74 Å². The molecule has 14 aromatic rings. The number of aromatic nitrogens is 3. The molecule has 3 aromatic heterocycles. The summed E-state index contributed by atoms with van der Waals surface area (Å²) in [5.41, 5.74) is 24.3. The van der Waals surface area contributed by atoms with Crippen LogP contribution < -0.4 is 14.5 Å². The highest BCUT2D eigenvalue weighted by Crippen LogP contribution is 2.53. The molecule has 0 atom stereocenters. The van der Waals surface area contributed by atoms with Crippen molar-refractivity contribution in [1.29, 1.82) is 0 Å². The normalized spacial score (nSPS) is 12.5. The van der Waals surface area contributed by atoms with Gasteiger partial charge < -0.3 is 19.1 Å². The maximum atomic E-state index is 7.07. The zero-order valence-corrected chi connectivity index (χ0v) is 44.2. The van der Waals surface area contributed by atoms with Gasteiger partial charge in [0.05, 0.1) is 44.8 Å². The van der Waals surface area contributed by atoms with E-state index < -0.39 is 0 Å². The minimum absolute atomic E-state index is 0.608. The molecule has 0 spiro atoms. The van der Waals surface area contributed by atoms with E-state index in [4.69, 9.17) is 9.72 Å². The Morgan fingerprint density at radius 2 is 1.01 bits per heavy atom. The molecular weight excluding hydrogens is 975 g/mol. The van der Waals surface area contributed by atoms with Crippen LogP contribution in [0.25, 0.3) is 111 Å². The first-order valence-corrected chi connectivity index (χ1v) is 27.5. The summed E-state index contributed by atoms with van der Waals surface area (Å²) in [6.45, 7) is 4.93. The van der Waals surface area contributed by atoms with Crippen molar-refractivity contribution in [1.82, 2.24) is 14.1 Å². The van der Waals surface area contributed by atoms with E-state index in [1.807, 2.05) is 6.20 Å². The second-order valence-electron chi connectivity index (χ2n) is 21.2. The van der Waals surface area contributed by atoms with Gasteiger partial charge in [0.15, 0.2) is 0 Å². The average Bonchev–Trinajstić information content (AvgIpc) is 4.19. The fraction of sp³-hybridized carbons (Fsp3) is 0.0405. The largest absolute Gasteiger partial charge is 0.457 e. The van der Waals surface area contributed by atoms with Gasteiger partial charge in [-0.3, -0.25) is 4.57 Å². The van der Waals surface area contributed by atoms with Gasteiger partial charge in [-0.05, 0) is 108 Å². The zero-order valence-electron chi connectivity index (χ0n) is 44.2. The monoisotopic (exact) mass is 1030 g/mol. The number of hydrogen-bond acceptors (Lipinski definition) is 4. The average molecular weight is 1030 g/mol. The second kappa shape index (κ2) is 18.1. The summed E-state index contributed by atoms with van der Waals surface area (Å²) in [6, 6.07) is 92.2. The van der Waals surface area contributed by atoms with E-state index in [0.29, 0.717) is 6.67 Å². The Labute approximate surface area is 463 Å². The summed E-state index contributed by atoms with van der Waals surface area (Å²) in [7, 11) is 0. The summed E-state index contributed by atoms with van der Waals surface area (Å²) in [5.74, 6) is 2.32. The topological polar surface area (TPSA) is 38.5 Å². The van der Waals surface area contributed by atoms with Crippen molar-refractivity contribution in [2.24, 2.45) is 0 Å². The molecule has 0 saturated heterocycles. The van der Waals surface area contributed by atoms with Crippen molar-refractivity contribution >= 4 is 66.4 Å². The number of rotatable bonds is 8. The van der Waals surface area contributed by atoms with Gasteiger partial charge in [0.25, 0.3) is 0 Å². The lowest BCUT2D eigenvalue weighted by molar-refractivity contribution is 0.483. The van der Waals surface area contributed by atoms with Crippen molar-refractivity contribution in [3.8, 4) is 78.6 Å². The molecule has 0 radical (unpaired) electrons. The van der Waals surface area contributed by atoms with Gasteiger partial charge in [0, 0.05) is 73.4 Å². The second-order valence-corrected chi connectivity index (χ2v) is 21.2. The third-order valence-electron chi connectivity index (χ3n) is 16.6. The third-order valence-corrected chi connectivity index (χ3v) is 16.6. The SMILES string of the molecule is Cc1ccc(-c2cnc(-n3c4cc(Oc5cccc(N6CN(c7c(-c8ccccc8)cccc7-c7ccccc7)c7ccccc76)c5)ccc4c4c5c(ccc43)-n3c4ccccc4c4cccc(c43)-c3ccccc3-5)cc2C)cc1. The minimum atomic E-state index is 0.608. The quantitative estimate of drug-likeness (QED) is 0.152. The highest BCUT2D eigenvalue weighted by molar-refractivity contribution is 6.23. The number of hydrogen-bond donors (Lipinski definition) is 0. The van der Waals surface area contributed by atoms with Crippen LogP contribution in [-0.4, -0.2) is 20.8 Å². The molecule has 0 N–H and O–H groups in total. The Morgan fingerprint density at radius 1 is 0.388 bits per heavy atom. The van der Waals surface area contributed by atoms with Gasteiger partial charge in [-0.1, -0.05) is 188 Å². The van der Waals surface area contributed by atoms with Crippen LogP contribution in [0, 0.1) is 13.8 Å². The van der Waals surface area contributed by atoms with E-state index in [1.54, 1.807) is 0 Å².